The monoisotopic (exact) mass is 359 g/mol. The molecule has 1 aliphatic heterocycles. The summed E-state index contributed by atoms with van der Waals surface area (Å²) < 4.78 is 7.11. The molecular weight excluding hydrogens is 334 g/mol. The average molecular weight is 359 g/mol. The molecule has 0 fully saturated rings. The van der Waals surface area contributed by atoms with Gasteiger partial charge in [0.15, 0.2) is 11.7 Å². The van der Waals surface area contributed by atoms with Crippen LogP contribution in [0.2, 0.25) is 0 Å². The van der Waals surface area contributed by atoms with E-state index in [2.05, 4.69) is 31.0 Å². The van der Waals surface area contributed by atoms with Crippen molar-refractivity contribution in [2.24, 2.45) is 4.99 Å². The number of amides is 1. The lowest BCUT2D eigenvalue weighted by molar-refractivity contribution is 0.0925. The highest BCUT2D eigenvalue weighted by molar-refractivity contribution is 5.92. The number of rotatable bonds is 6. The Morgan fingerprint density at radius 1 is 1.42 bits per heavy atom. The summed E-state index contributed by atoms with van der Waals surface area (Å²) in [5.74, 6) is 1.99. The lowest BCUT2D eigenvalue weighted by Crippen LogP contribution is -2.47. The van der Waals surface area contributed by atoms with Gasteiger partial charge in [0.1, 0.15) is 12.2 Å². The summed E-state index contributed by atoms with van der Waals surface area (Å²) in [4.78, 5) is 20.4. The molecule has 1 atom stereocenters. The Balaban J connectivity index is 1.35. The molecule has 0 bridgehead atoms. The Morgan fingerprint density at radius 3 is 3.04 bits per heavy atom. The van der Waals surface area contributed by atoms with E-state index in [0.29, 0.717) is 18.8 Å². The highest BCUT2D eigenvalue weighted by Crippen LogP contribution is 2.11. The Kier molecular flexibility index (Phi) is 5.88. The molecule has 26 heavy (non-hydrogen) atoms. The number of aromatic nitrogens is 3. The molecule has 1 aliphatic rings. The minimum Gasteiger partial charge on any atom is -0.459 e. The van der Waals surface area contributed by atoms with E-state index in [4.69, 9.17) is 4.42 Å². The number of carbonyl (C=O) groups is 1. The van der Waals surface area contributed by atoms with Crippen LogP contribution < -0.4 is 16.0 Å². The van der Waals surface area contributed by atoms with Crippen molar-refractivity contribution in [2.45, 2.75) is 38.8 Å². The topological polar surface area (TPSA) is 109 Å². The Morgan fingerprint density at radius 2 is 2.27 bits per heavy atom. The van der Waals surface area contributed by atoms with Gasteiger partial charge in [0.25, 0.3) is 5.91 Å². The van der Waals surface area contributed by atoms with Crippen LogP contribution in [0.1, 0.15) is 34.8 Å². The number of nitrogens with one attached hydrogen (secondary N) is 3. The number of guanidine groups is 1. The smallest absolute Gasteiger partial charge is 0.287 e. The minimum absolute atomic E-state index is 0.180. The Labute approximate surface area is 152 Å². The van der Waals surface area contributed by atoms with Crippen LogP contribution >= 0.6 is 0 Å². The maximum Gasteiger partial charge on any atom is 0.287 e. The molecule has 2 aromatic heterocycles. The fourth-order valence-electron chi connectivity index (χ4n) is 2.93. The van der Waals surface area contributed by atoms with Crippen LogP contribution in [0.4, 0.5) is 0 Å². The Bertz CT molecular complexity index is 765. The summed E-state index contributed by atoms with van der Waals surface area (Å²) in [6.07, 6.45) is 5.81. The van der Waals surface area contributed by atoms with Gasteiger partial charge >= 0.3 is 0 Å². The van der Waals surface area contributed by atoms with Crippen molar-refractivity contribution in [1.29, 1.82) is 0 Å². The van der Waals surface area contributed by atoms with Crippen molar-refractivity contribution in [3.8, 4) is 0 Å². The number of hydrogen-bond donors (Lipinski definition) is 3. The van der Waals surface area contributed by atoms with E-state index in [0.717, 1.165) is 43.2 Å². The molecule has 0 aromatic carbocycles. The van der Waals surface area contributed by atoms with Crippen LogP contribution in [0.3, 0.4) is 0 Å². The van der Waals surface area contributed by atoms with E-state index >= 15 is 0 Å². The predicted molar refractivity (Wildman–Crippen MR) is 97.0 cm³/mol. The summed E-state index contributed by atoms with van der Waals surface area (Å²) >= 11 is 0. The van der Waals surface area contributed by atoms with Gasteiger partial charge in [-0.15, -0.1) is 0 Å². The molecule has 0 saturated carbocycles. The molecule has 0 aliphatic carbocycles. The number of aliphatic imine (C=N–C) groups is 1. The van der Waals surface area contributed by atoms with Crippen molar-refractivity contribution in [2.75, 3.05) is 20.1 Å². The third-order valence-corrected chi connectivity index (χ3v) is 4.37. The third-order valence-electron chi connectivity index (χ3n) is 4.37. The first-order valence-corrected chi connectivity index (χ1v) is 8.83. The molecule has 3 N–H and O–H groups in total. The van der Waals surface area contributed by atoms with E-state index in [1.54, 1.807) is 19.4 Å². The molecule has 0 saturated heterocycles. The van der Waals surface area contributed by atoms with Gasteiger partial charge in [0.05, 0.1) is 12.8 Å². The number of fused-ring (bicyclic) bond motifs is 1. The fourth-order valence-corrected chi connectivity index (χ4v) is 2.93. The summed E-state index contributed by atoms with van der Waals surface area (Å²) in [6.45, 7) is 3.91. The first-order valence-electron chi connectivity index (χ1n) is 8.83. The van der Waals surface area contributed by atoms with Crippen molar-refractivity contribution >= 4 is 11.9 Å². The zero-order valence-electron chi connectivity index (χ0n) is 15.2. The first-order chi connectivity index (χ1) is 12.7. The SMILES string of the molecule is CN=C(NCCCNC(=O)c1occc1C)NC1CCc2ncnn2C1. The highest BCUT2D eigenvalue weighted by Gasteiger charge is 2.20. The molecule has 1 unspecified atom stereocenters. The molecule has 140 valence electrons. The second kappa shape index (κ2) is 8.50. The van der Waals surface area contributed by atoms with Crippen LogP contribution in [-0.2, 0) is 13.0 Å². The number of aryl methyl sites for hydroxylation is 2. The molecule has 2 aromatic rings. The molecule has 9 heteroatoms. The van der Waals surface area contributed by atoms with Gasteiger partial charge in [-0.2, -0.15) is 5.10 Å². The lowest BCUT2D eigenvalue weighted by atomic mass is 10.1. The quantitative estimate of drug-likeness (QED) is 0.393. The Hall–Kier alpha value is -2.84. The fraction of sp³-hybridized carbons (Fsp3) is 0.529. The van der Waals surface area contributed by atoms with Crippen LogP contribution in [0, 0.1) is 6.92 Å². The predicted octanol–water partition coefficient (Wildman–Crippen LogP) is 0.479. The maximum atomic E-state index is 11.9. The van der Waals surface area contributed by atoms with Crippen LogP contribution in [0.5, 0.6) is 0 Å². The molecule has 9 nitrogen and oxygen atoms in total. The lowest BCUT2D eigenvalue weighted by Gasteiger charge is -2.25. The largest absolute Gasteiger partial charge is 0.459 e. The summed E-state index contributed by atoms with van der Waals surface area (Å²) in [5.41, 5.74) is 0.841. The van der Waals surface area contributed by atoms with Crippen LogP contribution in [-0.4, -0.2) is 52.8 Å². The minimum atomic E-state index is -0.180. The number of hydrogen-bond acceptors (Lipinski definition) is 5. The van der Waals surface area contributed by atoms with E-state index in [-0.39, 0.29) is 11.9 Å². The third kappa shape index (κ3) is 4.41. The molecular formula is C17H25N7O2. The van der Waals surface area contributed by atoms with Crippen molar-refractivity contribution < 1.29 is 9.21 Å². The summed E-state index contributed by atoms with van der Waals surface area (Å²) in [6, 6.07) is 2.05. The molecule has 0 spiro atoms. The van der Waals surface area contributed by atoms with Gasteiger partial charge in [0, 0.05) is 38.2 Å². The van der Waals surface area contributed by atoms with Crippen molar-refractivity contribution in [3.05, 3.63) is 35.8 Å². The van der Waals surface area contributed by atoms with Crippen molar-refractivity contribution in [1.82, 2.24) is 30.7 Å². The van der Waals surface area contributed by atoms with E-state index in [1.807, 2.05) is 11.6 Å². The number of carbonyl (C=O) groups excluding carboxylic acids is 1. The normalized spacial score (nSPS) is 16.8. The first kappa shape index (κ1) is 18.0. The number of nitrogens with zero attached hydrogens (tertiary/aromatic N) is 4. The molecule has 3 heterocycles. The van der Waals surface area contributed by atoms with E-state index in [9.17, 15) is 4.79 Å². The van der Waals surface area contributed by atoms with Crippen molar-refractivity contribution in [3.63, 3.8) is 0 Å². The zero-order valence-corrected chi connectivity index (χ0v) is 15.2. The molecule has 1 amide bonds. The van der Waals surface area contributed by atoms with Gasteiger partial charge in [-0.3, -0.25) is 9.79 Å². The van der Waals surface area contributed by atoms with Gasteiger partial charge in [-0.1, -0.05) is 0 Å². The number of furan rings is 1. The highest BCUT2D eigenvalue weighted by atomic mass is 16.3. The standard InChI is InChI=1S/C17H25N7O2/c1-12-6-9-26-15(12)16(25)19-7-3-8-20-17(18-2)23-13-4-5-14-21-11-22-24(14)10-13/h6,9,11,13H,3-5,7-8,10H2,1-2H3,(H,19,25)(H2,18,20,23). The van der Waals surface area contributed by atoms with Crippen LogP contribution in [0.25, 0.3) is 0 Å². The summed E-state index contributed by atoms with van der Waals surface area (Å²) in [5, 5.41) is 13.8. The van der Waals surface area contributed by atoms with Crippen LogP contribution in [0.15, 0.2) is 28.1 Å². The zero-order chi connectivity index (χ0) is 18.4. The van der Waals surface area contributed by atoms with Gasteiger partial charge in [-0.05, 0) is 25.8 Å². The molecule has 3 rings (SSSR count). The second-order valence-electron chi connectivity index (χ2n) is 6.28. The second-order valence-corrected chi connectivity index (χ2v) is 6.28. The van der Waals surface area contributed by atoms with E-state index in [1.165, 1.54) is 6.26 Å². The van der Waals surface area contributed by atoms with Gasteiger partial charge in [-0.25, -0.2) is 9.67 Å². The summed E-state index contributed by atoms with van der Waals surface area (Å²) in [7, 11) is 1.75. The van der Waals surface area contributed by atoms with E-state index < -0.39 is 0 Å². The van der Waals surface area contributed by atoms with Gasteiger partial charge < -0.3 is 20.4 Å². The maximum absolute atomic E-state index is 11.9. The average Bonchev–Trinajstić information content (AvgIpc) is 3.28. The van der Waals surface area contributed by atoms with Gasteiger partial charge in [0.2, 0.25) is 0 Å². The molecule has 0 radical (unpaired) electrons.